The number of amides is 2. The van der Waals surface area contributed by atoms with Crippen LogP contribution in [0.5, 0.6) is 0 Å². The number of hydrogen-bond acceptors (Lipinski definition) is 5. The van der Waals surface area contributed by atoms with Crippen molar-refractivity contribution in [1.82, 2.24) is 10.3 Å². The van der Waals surface area contributed by atoms with Crippen molar-refractivity contribution in [3.05, 3.63) is 54.6 Å². The Hall–Kier alpha value is -3.35. The van der Waals surface area contributed by atoms with E-state index in [2.05, 4.69) is 20.5 Å². The standard InChI is InChI=1S/C21H22N4O3/c26-19(20(27)23-16-6-2-1-3-7-16)22-14-15-10-12-25(13-11-15)21-24-17-8-4-5-9-18(17)28-21/h1-9,15H,10-14H2,(H,22,26)(H,23,27). The fraction of sp³-hybridized carbons (Fsp3) is 0.286. The number of nitrogens with zero attached hydrogens (tertiary/aromatic N) is 2. The van der Waals surface area contributed by atoms with Crippen LogP contribution in [0.25, 0.3) is 11.1 Å². The molecule has 0 atom stereocenters. The van der Waals surface area contributed by atoms with E-state index in [0.29, 0.717) is 24.2 Å². The van der Waals surface area contributed by atoms with Gasteiger partial charge in [0.05, 0.1) is 0 Å². The Labute approximate surface area is 162 Å². The second-order valence-corrected chi connectivity index (χ2v) is 6.92. The lowest BCUT2D eigenvalue weighted by molar-refractivity contribution is -0.136. The van der Waals surface area contributed by atoms with Crippen LogP contribution in [0.15, 0.2) is 59.0 Å². The number of carbonyl (C=O) groups excluding carboxylic acids is 2. The zero-order valence-corrected chi connectivity index (χ0v) is 15.4. The van der Waals surface area contributed by atoms with E-state index in [1.54, 1.807) is 24.3 Å². The third kappa shape index (κ3) is 4.14. The number of fused-ring (bicyclic) bond motifs is 1. The average molecular weight is 378 g/mol. The van der Waals surface area contributed by atoms with Crippen molar-refractivity contribution in [3.63, 3.8) is 0 Å². The van der Waals surface area contributed by atoms with E-state index in [0.717, 1.165) is 37.0 Å². The van der Waals surface area contributed by atoms with Crippen molar-refractivity contribution in [3.8, 4) is 0 Å². The molecule has 28 heavy (non-hydrogen) atoms. The van der Waals surface area contributed by atoms with Gasteiger partial charge >= 0.3 is 11.8 Å². The monoisotopic (exact) mass is 378 g/mol. The van der Waals surface area contributed by atoms with E-state index in [9.17, 15) is 9.59 Å². The molecule has 144 valence electrons. The van der Waals surface area contributed by atoms with Gasteiger partial charge < -0.3 is 20.0 Å². The molecule has 0 radical (unpaired) electrons. The van der Waals surface area contributed by atoms with Crippen LogP contribution in [-0.2, 0) is 9.59 Å². The first-order valence-electron chi connectivity index (χ1n) is 9.44. The fourth-order valence-corrected chi connectivity index (χ4v) is 3.35. The molecule has 0 spiro atoms. The number of aromatic nitrogens is 1. The molecule has 3 aromatic rings. The maximum absolute atomic E-state index is 12.0. The molecule has 7 nitrogen and oxygen atoms in total. The number of anilines is 2. The summed E-state index contributed by atoms with van der Waals surface area (Å²) in [5.41, 5.74) is 2.25. The molecule has 2 heterocycles. The number of hydrogen-bond donors (Lipinski definition) is 2. The van der Waals surface area contributed by atoms with Crippen molar-refractivity contribution in [2.24, 2.45) is 5.92 Å². The van der Waals surface area contributed by atoms with Gasteiger partial charge in [-0.3, -0.25) is 9.59 Å². The Morgan fingerprint density at radius 3 is 2.46 bits per heavy atom. The van der Waals surface area contributed by atoms with Crippen LogP contribution in [0.1, 0.15) is 12.8 Å². The number of carbonyl (C=O) groups is 2. The highest BCUT2D eigenvalue weighted by molar-refractivity contribution is 6.39. The van der Waals surface area contributed by atoms with Crippen molar-refractivity contribution >= 4 is 34.6 Å². The molecule has 1 aromatic heterocycles. The summed E-state index contributed by atoms with van der Waals surface area (Å²) >= 11 is 0. The van der Waals surface area contributed by atoms with Gasteiger partial charge in [-0.1, -0.05) is 30.3 Å². The second kappa shape index (κ2) is 8.12. The average Bonchev–Trinajstić information content (AvgIpc) is 3.17. The predicted octanol–water partition coefficient (Wildman–Crippen LogP) is 2.80. The Kier molecular flexibility index (Phi) is 5.23. The van der Waals surface area contributed by atoms with Crippen LogP contribution < -0.4 is 15.5 Å². The van der Waals surface area contributed by atoms with Gasteiger partial charge in [-0.25, -0.2) is 0 Å². The van der Waals surface area contributed by atoms with Gasteiger partial charge in [0.2, 0.25) is 0 Å². The maximum Gasteiger partial charge on any atom is 0.313 e. The first-order chi connectivity index (χ1) is 13.7. The Morgan fingerprint density at radius 2 is 1.71 bits per heavy atom. The third-order valence-electron chi connectivity index (χ3n) is 4.96. The van der Waals surface area contributed by atoms with E-state index in [4.69, 9.17) is 4.42 Å². The van der Waals surface area contributed by atoms with Crippen molar-refractivity contribution < 1.29 is 14.0 Å². The van der Waals surface area contributed by atoms with Gasteiger partial charge in [-0.15, -0.1) is 0 Å². The Balaban J connectivity index is 1.24. The highest BCUT2D eigenvalue weighted by Crippen LogP contribution is 2.26. The highest BCUT2D eigenvalue weighted by Gasteiger charge is 2.24. The molecule has 0 aliphatic carbocycles. The lowest BCUT2D eigenvalue weighted by Crippen LogP contribution is -2.41. The summed E-state index contributed by atoms with van der Waals surface area (Å²) in [6.07, 6.45) is 1.80. The zero-order chi connectivity index (χ0) is 19.3. The first kappa shape index (κ1) is 18.0. The molecule has 2 N–H and O–H groups in total. The number of nitrogens with one attached hydrogen (secondary N) is 2. The summed E-state index contributed by atoms with van der Waals surface area (Å²) < 4.78 is 5.82. The van der Waals surface area contributed by atoms with Crippen molar-refractivity contribution in [2.45, 2.75) is 12.8 Å². The molecule has 1 aliphatic heterocycles. The molecule has 0 saturated carbocycles. The van der Waals surface area contributed by atoms with Crippen LogP contribution in [0, 0.1) is 5.92 Å². The lowest BCUT2D eigenvalue weighted by atomic mass is 9.97. The summed E-state index contributed by atoms with van der Waals surface area (Å²) in [6.45, 7) is 2.11. The Bertz CT molecular complexity index is 929. The predicted molar refractivity (Wildman–Crippen MR) is 107 cm³/mol. The fourth-order valence-electron chi connectivity index (χ4n) is 3.35. The van der Waals surface area contributed by atoms with Gasteiger partial charge in [-0.05, 0) is 43.0 Å². The van der Waals surface area contributed by atoms with Gasteiger partial charge in [0.15, 0.2) is 5.58 Å². The second-order valence-electron chi connectivity index (χ2n) is 6.92. The van der Waals surface area contributed by atoms with Gasteiger partial charge in [0.25, 0.3) is 6.01 Å². The summed E-state index contributed by atoms with van der Waals surface area (Å²) in [4.78, 5) is 30.6. The Morgan fingerprint density at radius 1 is 1.00 bits per heavy atom. The third-order valence-corrected chi connectivity index (χ3v) is 4.96. The lowest BCUT2D eigenvalue weighted by Gasteiger charge is -2.30. The number of benzene rings is 2. The van der Waals surface area contributed by atoms with Crippen LogP contribution in [-0.4, -0.2) is 36.4 Å². The molecule has 0 unspecified atom stereocenters. The van der Waals surface area contributed by atoms with E-state index in [1.165, 1.54) is 0 Å². The number of piperidine rings is 1. The molecule has 7 heteroatoms. The molecule has 1 fully saturated rings. The summed E-state index contributed by atoms with van der Waals surface area (Å²) in [5, 5.41) is 5.33. The summed E-state index contributed by atoms with van der Waals surface area (Å²) in [6, 6.07) is 17.3. The smallest absolute Gasteiger partial charge is 0.313 e. The van der Waals surface area contributed by atoms with Crippen LogP contribution in [0.4, 0.5) is 11.7 Å². The maximum atomic E-state index is 12.0. The number of rotatable bonds is 4. The summed E-state index contributed by atoms with van der Waals surface area (Å²) in [5.74, 6) is -0.922. The SMILES string of the molecule is O=C(NCC1CCN(c2nc3ccccc3o2)CC1)C(=O)Nc1ccccc1. The molecule has 4 rings (SSSR count). The molecule has 1 saturated heterocycles. The minimum atomic E-state index is -0.643. The van der Waals surface area contributed by atoms with Crippen molar-refractivity contribution in [1.29, 1.82) is 0 Å². The van der Waals surface area contributed by atoms with Crippen molar-refractivity contribution in [2.75, 3.05) is 29.9 Å². The molecule has 2 aromatic carbocycles. The molecule has 1 aliphatic rings. The van der Waals surface area contributed by atoms with Gasteiger partial charge in [-0.2, -0.15) is 4.98 Å². The highest BCUT2D eigenvalue weighted by atomic mass is 16.4. The molecule has 2 amide bonds. The largest absolute Gasteiger partial charge is 0.423 e. The topological polar surface area (TPSA) is 87.5 Å². The first-order valence-corrected chi connectivity index (χ1v) is 9.44. The zero-order valence-electron chi connectivity index (χ0n) is 15.4. The summed E-state index contributed by atoms with van der Waals surface area (Å²) in [7, 11) is 0. The normalized spacial score (nSPS) is 14.8. The number of oxazole rings is 1. The van der Waals surface area contributed by atoms with Crippen LogP contribution in [0.2, 0.25) is 0 Å². The molecule has 0 bridgehead atoms. The quantitative estimate of drug-likeness (QED) is 0.682. The minimum absolute atomic E-state index is 0.328. The van der Waals surface area contributed by atoms with Gasteiger partial charge in [0.1, 0.15) is 5.52 Å². The molecular formula is C21H22N4O3. The minimum Gasteiger partial charge on any atom is -0.423 e. The molecular weight excluding hydrogens is 356 g/mol. The van der Waals surface area contributed by atoms with Crippen LogP contribution in [0.3, 0.4) is 0 Å². The van der Waals surface area contributed by atoms with E-state index in [1.807, 2.05) is 30.3 Å². The van der Waals surface area contributed by atoms with E-state index >= 15 is 0 Å². The van der Waals surface area contributed by atoms with Gasteiger partial charge in [0, 0.05) is 25.3 Å². The number of para-hydroxylation sites is 3. The van der Waals surface area contributed by atoms with E-state index < -0.39 is 11.8 Å². The van der Waals surface area contributed by atoms with Crippen LogP contribution >= 0.6 is 0 Å². The van der Waals surface area contributed by atoms with E-state index in [-0.39, 0.29) is 0 Å².